The van der Waals surface area contributed by atoms with Gasteiger partial charge in [0.25, 0.3) is 0 Å². The lowest BCUT2D eigenvalue weighted by atomic mass is 9.49. The Kier molecular flexibility index (Phi) is 3.28. The van der Waals surface area contributed by atoms with Crippen LogP contribution in [0.1, 0.15) is 16.5 Å². The fraction of sp³-hybridized carbons (Fsp3) is 0.556. The van der Waals surface area contributed by atoms with Crippen LogP contribution in [0.4, 0.5) is 0 Å². The summed E-state index contributed by atoms with van der Waals surface area (Å²) in [7, 11) is 16.3. The number of hydrogen-bond donors (Lipinski definition) is 1. The molecule has 1 aromatic heterocycles. The maximum atomic E-state index is 5.64. The Morgan fingerprint density at radius 2 is 2.33 bits per heavy atom. The van der Waals surface area contributed by atoms with Crippen molar-refractivity contribution < 1.29 is 4.74 Å². The molecular formula is C9H10B3NOS. The van der Waals surface area contributed by atoms with Gasteiger partial charge >= 0.3 is 0 Å². The number of hydrogen-bond acceptors (Lipinski definition) is 3. The SMILES string of the molecule is [B]C([B])([B])NC[C@H]1OCCc2sccc21. The van der Waals surface area contributed by atoms with Crippen molar-refractivity contribution in [2.24, 2.45) is 0 Å². The second-order valence-corrected chi connectivity index (χ2v) is 4.72. The minimum Gasteiger partial charge on any atom is -0.372 e. The van der Waals surface area contributed by atoms with Crippen molar-refractivity contribution in [3.05, 3.63) is 21.9 Å². The average Bonchev–Trinajstić information content (AvgIpc) is 2.61. The average molecular weight is 213 g/mol. The number of ether oxygens (including phenoxy) is 1. The molecule has 72 valence electrons. The molecule has 0 spiro atoms. The molecule has 1 atom stereocenters. The highest BCUT2D eigenvalue weighted by molar-refractivity contribution is 7.10. The smallest absolute Gasteiger partial charge is 0.0959 e. The summed E-state index contributed by atoms with van der Waals surface area (Å²) in [5, 5.41) is 3.58. The largest absolute Gasteiger partial charge is 0.372 e. The summed E-state index contributed by atoms with van der Waals surface area (Å²) in [6.07, 6.45) is 0.998. The van der Waals surface area contributed by atoms with E-state index < -0.39 is 5.24 Å². The van der Waals surface area contributed by atoms with Crippen molar-refractivity contribution >= 4 is 34.9 Å². The van der Waals surface area contributed by atoms with Crippen LogP contribution in [-0.4, -0.2) is 41.9 Å². The highest BCUT2D eigenvalue weighted by Crippen LogP contribution is 2.30. The Bertz CT molecular complexity index is 336. The lowest BCUT2D eigenvalue weighted by Crippen LogP contribution is -2.49. The molecule has 6 radical (unpaired) electrons. The Balaban J connectivity index is 2.01. The van der Waals surface area contributed by atoms with Crippen molar-refractivity contribution in [3.8, 4) is 0 Å². The van der Waals surface area contributed by atoms with Gasteiger partial charge in [0, 0.05) is 17.8 Å². The quantitative estimate of drug-likeness (QED) is 0.717. The van der Waals surface area contributed by atoms with Gasteiger partial charge in [-0.1, -0.05) is 5.24 Å². The molecular weight excluding hydrogens is 203 g/mol. The van der Waals surface area contributed by atoms with E-state index in [1.807, 2.05) is 0 Å². The second kappa shape index (κ2) is 4.36. The molecule has 0 unspecified atom stereocenters. The molecule has 15 heavy (non-hydrogen) atoms. The maximum Gasteiger partial charge on any atom is 0.0959 e. The highest BCUT2D eigenvalue weighted by atomic mass is 32.1. The van der Waals surface area contributed by atoms with Crippen LogP contribution in [0.2, 0.25) is 0 Å². The van der Waals surface area contributed by atoms with Crippen LogP contribution >= 0.6 is 11.3 Å². The molecule has 0 saturated carbocycles. The van der Waals surface area contributed by atoms with Gasteiger partial charge in [-0.2, -0.15) is 0 Å². The van der Waals surface area contributed by atoms with Crippen LogP contribution < -0.4 is 5.32 Å². The first-order valence-electron chi connectivity index (χ1n) is 4.86. The van der Waals surface area contributed by atoms with Crippen molar-refractivity contribution in [2.75, 3.05) is 13.2 Å². The van der Waals surface area contributed by atoms with Gasteiger partial charge in [-0.15, -0.1) is 11.3 Å². The van der Waals surface area contributed by atoms with E-state index in [2.05, 4.69) is 16.8 Å². The number of thiophene rings is 1. The monoisotopic (exact) mass is 213 g/mol. The lowest BCUT2D eigenvalue weighted by molar-refractivity contribution is 0.0437. The third-order valence-electron chi connectivity index (χ3n) is 2.37. The standard InChI is InChI=1S/C9H10B3NOS/c10-9(11,12)13-5-7-6-2-4-15-8(6)1-3-14-7/h2,4,7,13H,1,3,5H2/t7-/m1/s1. The van der Waals surface area contributed by atoms with Crippen LogP contribution in [0.5, 0.6) is 0 Å². The summed E-state index contributed by atoms with van der Waals surface area (Å²) in [6, 6.07) is 2.08. The van der Waals surface area contributed by atoms with E-state index in [0.29, 0.717) is 6.54 Å². The van der Waals surface area contributed by atoms with E-state index in [4.69, 9.17) is 28.3 Å². The Morgan fingerprint density at radius 1 is 1.53 bits per heavy atom. The Hall–Kier alpha value is -0.185. The van der Waals surface area contributed by atoms with Crippen LogP contribution in [0.3, 0.4) is 0 Å². The normalized spacial score (nSPS) is 21.2. The predicted octanol–water partition coefficient (Wildman–Crippen LogP) is 0.0683. The van der Waals surface area contributed by atoms with Crippen LogP contribution in [0, 0.1) is 0 Å². The van der Waals surface area contributed by atoms with E-state index in [-0.39, 0.29) is 6.10 Å². The number of fused-ring (bicyclic) bond motifs is 1. The molecule has 0 aromatic carbocycles. The first-order valence-corrected chi connectivity index (χ1v) is 5.74. The van der Waals surface area contributed by atoms with E-state index >= 15 is 0 Å². The molecule has 6 heteroatoms. The molecule has 1 aromatic rings. The molecule has 0 saturated heterocycles. The molecule has 0 amide bonds. The third-order valence-corrected chi connectivity index (χ3v) is 3.37. The summed E-state index contributed by atoms with van der Waals surface area (Å²) in [6.45, 7) is 1.28. The second-order valence-electron chi connectivity index (χ2n) is 3.72. The van der Waals surface area contributed by atoms with E-state index in [1.165, 1.54) is 10.4 Å². The summed E-state index contributed by atoms with van der Waals surface area (Å²) < 4.78 is 5.64. The molecule has 1 aliphatic heterocycles. The van der Waals surface area contributed by atoms with Gasteiger partial charge in [0.15, 0.2) is 0 Å². The predicted molar refractivity (Wildman–Crippen MR) is 64.7 cm³/mol. The maximum absolute atomic E-state index is 5.64. The van der Waals surface area contributed by atoms with Crippen molar-refractivity contribution in [1.29, 1.82) is 0 Å². The molecule has 0 fully saturated rings. The van der Waals surface area contributed by atoms with Crippen LogP contribution in [0.25, 0.3) is 0 Å². The molecule has 0 bridgehead atoms. The van der Waals surface area contributed by atoms with Crippen molar-refractivity contribution in [1.82, 2.24) is 5.32 Å². The minimum atomic E-state index is -1.34. The first kappa shape index (κ1) is 11.3. The minimum absolute atomic E-state index is 0.00928. The topological polar surface area (TPSA) is 21.3 Å². The molecule has 2 nitrogen and oxygen atoms in total. The highest BCUT2D eigenvalue weighted by Gasteiger charge is 2.22. The number of nitrogens with one attached hydrogen (secondary N) is 1. The molecule has 0 aliphatic carbocycles. The van der Waals surface area contributed by atoms with Gasteiger partial charge in [-0.05, 0) is 17.0 Å². The van der Waals surface area contributed by atoms with Gasteiger partial charge < -0.3 is 10.1 Å². The van der Waals surface area contributed by atoms with Gasteiger partial charge in [-0.25, -0.2) is 0 Å². The molecule has 2 rings (SSSR count). The molecule has 1 aliphatic rings. The Morgan fingerprint density at radius 3 is 3.07 bits per heavy atom. The zero-order valence-corrected chi connectivity index (χ0v) is 9.22. The third kappa shape index (κ3) is 2.89. The van der Waals surface area contributed by atoms with Crippen molar-refractivity contribution in [2.45, 2.75) is 17.8 Å². The van der Waals surface area contributed by atoms with E-state index in [1.54, 1.807) is 11.3 Å². The van der Waals surface area contributed by atoms with E-state index in [0.717, 1.165) is 13.0 Å². The summed E-state index contributed by atoms with van der Waals surface area (Å²) in [4.78, 5) is 1.38. The van der Waals surface area contributed by atoms with Gasteiger partial charge in [-0.3, -0.25) is 0 Å². The molecule has 2 heterocycles. The zero-order valence-electron chi connectivity index (χ0n) is 8.40. The fourth-order valence-corrected chi connectivity index (χ4v) is 2.58. The van der Waals surface area contributed by atoms with Crippen LogP contribution in [0.15, 0.2) is 11.4 Å². The van der Waals surface area contributed by atoms with Gasteiger partial charge in [0.05, 0.1) is 36.2 Å². The summed E-state index contributed by atoms with van der Waals surface area (Å²) in [5.41, 5.74) is 1.23. The fourth-order valence-electron chi connectivity index (χ4n) is 1.66. The van der Waals surface area contributed by atoms with E-state index in [9.17, 15) is 0 Å². The lowest BCUT2D eigenvalue weighted by Gasteiger charge is -2.29. The van der Waals surface area contributed by atoms with Gasteiger partial charge in [0.2, 0.25) is 0 Å². The number of rotatable bonds is 3. The van der Waals surface area contributed by atoms with Crippen molar-refractivity contribution in [3.63, 3.8) is 0 Å². The van der Waals surface area contributed by atoms with Crippen LogP contribution in [-0.2, 0) is 11.2 Å². The summed E-state index contributed by atoms with van der Waals surface area (Å²) in [5.74, 6) is 0. The van der Waals surface area contributed by atoms with Gasteiger partial charge in [0.1, 0.15) is 0 Å². The Labute approximate surface area is 98.0 Å². The molecule has 1 N–H and O–H groups in total. The zero-order chi connectivity index (χ0) is 10.9. The summed E-state index contributed by atoms with van der Waals surface area (Å²) >= 11 is 1.76. The first-order chi connectivity index (χ1) is 7.06.